The summed E-state index contributed by atoms with van der Waals surface area (Å²) in [4.78, 5) is 11.5. The molecule has 1 aromatic rings. The fraction of sp³-hybridized carbons (Fsp3) is 0.333. The summed E-state index contributed by atoms with van der Waals surface area (Å²) in [6.07, 6.45) is 0.231. The lowest BCUT2D eigenvalue weighted by Gasteiger charge is -2.06. The molecule has 0 spiro atoms. The minimum atomic E-state index is -0.187. The third-order valence-corrected chi connectivity index (χ3v) is 2.91. The van der Waals surface area contributed by atoms with Crippen molar-refractivity contribution in [3.05, 3.63) is 33.8 Å². The summed E-state index contributed by atoms with van der Waals surface area (Å²) >= 11 is 11.6. The highest BCUT2D eigenvalue weighted by Crippen LogP contribution is 2.22. The van der Waals surface area contributed by atoms with Gasteiger partial charge in [0.15, 0.2) is 0 Å². The molecule has 1 aromatic carbocycles. The molecule has 5 heteroatoms. The van der Waals surface area contributed by atoms with Crippen LogP contribution in [0.25, 0.3) is 0 Å². The molecular formula is C12H12Cl2N2O. The van der Waals surface area contributed by atoms with Crippen molar-refractivity contribution in [3.8, 4) is 6.07 Å². The minimum Gasteiger partial charge on any atom is -0.355 e. The number of benzene rings is 1. The maximum atomic E-state index is 11.5. The van der Waals surface area contributed by atoms with Crippen LogP contribution in [0, 0.1) is 17.2 Å². The van der Waals surface area contributed by atoms with Gasteiger partial charge in [-0.3, -0.25) is 4.79 Å². The zero-order chi connectivity index (χ0) is 12.8. The van der Waals surface area contributed by atoms with Crippen LogP contribution in [0.4, 0.5) is 0 Å². The zero-order valence-corrected chi connectivity index (χ0v) is 10.8. The van der Waals surface area contributed by atoms with Gasteiger partial charge in [0.05, 0.1) is 28.5 Å². The molecule has 0 aliphatic carbocycles. The van der Waals surface area contributed by atoms with E-state index in [0.29, 0.717) is 16.6 Å². The van der Waals surface area contributed by atoms with Gasteiger partial charge < -0.3 is 5.32 Å². The Balaban J connectivity index is 2.51. The van der Waals surface area contributed by atoms with E-state index < -0.39 is 0 Å². The Morgan fingerprint density at radius 1 is 1.47 bits per heavy atom. The maximum Gasteiger partial charge on any atom is 0.224 e. The lowest BCUT2D eigenvalue weighted by Crippen LogP contribution is -2.29. The number of hydrogen-bond donors (Lipinski definition) is 1. The standard InChI is InChI=1S/C12H12Cl2N2O/c1-8(6-15)7-16-12(17)5-9-2-3-10(13)11(14)4-9/h2-4,8H,5,7H2,1H3,(H,16,17). The van der Waals surface area contributed by atoms with E-state index in [1.165, 1.54) is 0 Å². The van der Waals surface area contributed by atoms with E-state index >= 15 is 0 Å². The van der Waals surface area contributed by atoms with Crippen LogP contribution in [0.3, 0.4) is 0 Å². The van der Waals surface area contributed by atoms with Gasteiger partial charge in [-0.25, -0.2) is 0 Å². The number of halogens is 2. The van der Waals surface area contributed by atoms with E-state index in [1.807, 2.05) is 6.07 Å². The van der Waals surface area contributed by atoms with Crippen LogP contribution in [-0.2, 0) is 11.2 Å². The number of nitrogens with zero attached hydrogens (tertiary/aromatic N) is 1. The normalized spacial score (nSPS) is 11.6. The molecule has 0 saturated carbocycles. The van der Waals surface area contributed by atoms with Gasteiger partial charge in [0.1, 0.15) is 0 Å². The highest BCUT2D eigenvalue weighted by Gasteiger charge is 2.07. The first-order chi connectivity index (χ1) is 8.02. The van der Waals surface area contributed by atoms with E-state index in [2.05, 4.69) is 5.32 Å². The first-order valence-corrected chi connectivity index (χ1v) is 5.88. The molecule has 1 rings (SSSR count). The van der Waals surface area contributed by atoms with Crippen molar-refractivity contribution in [2.24, 2.45) is 5.92 Å². The molecular weight excluding hydrogens is 259 g/mol. The molecule has 0 radical (unpaired) electrons. The van der Waals surface area contributed by atoms with Crippen molar-refractivity contribution in [2.45, 2.75) is 13.3 Å². The SMILES string of the molecule is CC(C#N)CNC(=O)Cc1ccc(Cl)c(Cl)c1. The molecule has 0 aromatic heterocycles. The monoisotopic (exact) mass is 270 g/mol. The van der Waals surface area contributed by atoms with Crippen LogP contribution in [0.1, 0.15) is 12.5 Å². The Hall–Kier alpha value is -1.24. The van der Waals surface area contributed by atoms with Crippen molar-refractivity contribution < 1.29 is 4.79 Å². The number of nitrogens with one attached hydrogen (secondary N) is 1. The molecule has 1 unspecified atom stereocenters. The first kappa shape index (κ1) is 13.8. The van der Waals surface area contributed by atoms with Gasteiger partial charge >= 0.3 is 0 Å². The molecule has 0 bridgehead atoms. The van der Waals surface area contributed by atoms with Gasteiger partial charge in [-0.1, -0.05) is 29.3 Å². The maximum absolute atomic E-state index is 11.5. The van der Waals surface area contributed by atoms with Crippen LogP contribution >= 0.6 is 23.2 Å². The summed E-state index contributed by atoms with van der Waals surface area (Å²) < 4.78 is 0. The number of rotatable bonds is 4. The average Bonchev–Trinajstić information content (AvgIpc) is 2.31. The van der Waals surface area contributed by atoms with Crippen molar-refractivity contribution >= 4 is 29.1 Å². The molecule has 0 aliphatic rings. The van der Waals surface area contributed by atoms with Crippen molar-refractivity contribution in [2.75, 3.05) is 6.54 Å². The van der Waals surface area contributed by atoms with Crippen LogP contribution < -0.4 is 5.32 Å². The zero-order valence-electron chi connectivity index (χ0n) is 9.34. The Kier molecular flexibility index (Phi) is 5.27. The third-order valence-electron chi connectivity index (χ3n) is 2.17. The predicted octanol–water partition coefficient (Wildman–Crippen LogP) is 2.81. The van der Waals surface area contributed by atoms with Gasteiger partial charge in [0.25, 0.3) is 0 Å². The van der Waals surface area contributed by atoms with E-state index in [9.17, 15) is 4.79 Å². The Morgan fingerprint density at radius 2 is 2.18 bits per heavy atom. The van der Waals surface area contributed by atoms with Gasteiger partial charge in [-0.2, -0.15) is 5.26 Å². The number of amides is 1. The molecule has 0 saturated heterocycles. The van der Waals surface area contributed by atoms with Crippen molar-refractivity contribution in [1.29, 1.82) is 5.26 Å². The Bertz CT molecular complexity index is 454. The summed E-state index contributed by atoms with van der Waals surface area (Å²) in [6.45, 7) is 2.11. The molecule has 0 aliphatic heterocycles. The quantitative estimate of drug-likeness (QED) is 0.915. The lowest BCUT2D eigenvalue weighted by molar-refractivity contribution is -0.120. The fourth-order valence-electron chi connectivity index (χ4n) is 1.21. The largest absolute Gasteiger partial charge is 0.355 e. The van der Waals surface area contributed by atoms with Crippen LogP contribution in [0.5, 0.6) is 0 Å². The Labute approximate surface area is 110 Å². The summed E-state index contributed by atoms with van der Waals surface area (Å²) in [5.74, 6) is -0.321. The van der Waals surface area contributed by atoms with Crippen LogP contribution in [0.15, 0.2) is 18.2 Å². The van der Waals surface area contributed by atoms with Crippen molar-refractivity contribution in [1.82, 2.24) is 5.32 Å². The Morgan fingerprint density at radius 3 is 2.76 bits per heavy atom. The summed E-state index contributed by atoms with van der Waals surface area (Å²) in [5, 5.41) is 12.1. The second-order valence-corrected chi connectivity index (χ2v) is 4.57. The third kappa shape index (κ3) is 4.64. The topological polar surface area (TPSA) is 52.9 Å². The van der Waals surface area contributed by atoms with E-state index in [4.69, 9.17) is 28.5 Å². The average molecular weight is 271 g/mol. The van der Waals surface area contributed by atoms with Gasteiger partial charge in [0, 0.05) is 6.54 Å². The van der Waals surface area contributed by atoms with Crippen LogP contribution in [-0.4, -0.2) is 12.5 Å². The summed E-state index contributed by atoms with van der Waals surface area (Å²) in [5.41, 5.74) is 0.793. The minimum absolute atomic E-state index is 0.134. The second kappa shape index (κ2) is 6.48. The van der Waals surface area contributed by atoms with E-state index in [-0.39, 0.29) is 18.2 Å². The molecule has 1 atom stereocenters. The number of carbonyl (C=O) groups excluding carboxylic acids is 1. The fourth-order valence-corrected chi connectivity index (χ4v) is 1.53. The molecule has 1 N–H and O–H groups in total. The second-order valence-electron chi connectivity index (χ2n) is 3.76. The molecule has 3 nitrogen and oxygen atoms in total. The first-order valence-electron chi connectivity index (χ1n) is 5.13. The predicted molar refractivity (Wildman–Crippen MR) is 68.0 cm³/mol. The van der Waals surface area contributed by atoms with Crippen molar-refractivity contribution in [3.63, 3.8) is 0 Å². The van der Waals surface area contributed by atoms with Gasteiger partial charge in [-0.15, -0.1) is 0 Å². The smallest absolute Gasteiger partial charge is 0.224 e. The molecule has 0 heterocycles. The van der Waals surface area contributed by atoms with E-state index in [0.717, 1.165) is 5.56 Å². The summed E-state index contributed by atoms with van der Waals surface area (Å²) in [7, 11) is 0. The lowest BCUT2D eigenvalue weighted by atomic mass is 10.1. The number of nitriles is 1. The highest BCUT2D eigenvalue weighted by atomic mass is 35.5. The molecule has 90 valence electrons. The molecule has 0 fully saturated rings. The molecule has 17 heavy (non-hydrogen) atoms. The van der Waals surface area contributed by atoms with Gasteiger partial charge in [-0.05, 0) is 24.6 Å². The molecule has 1 amide bonds. The number of hydrogen-bond acceptors (Lipinski definition) is 2. The summed E-state index contributed by atoms with van der Waals surface area (Å²) in [6, 6.07) is 7.12. The van der Waals surface area contributed by atoms with E-state index in [1.54, 1.807) is 25.1 Å². The highest BCUT2D eigenvalue weighted by molar-refractivity contribution is 6.42. The van der Waals surface area contributed by atoms with Gasteiger partial charge in [0.2, 0.25) is 5.91 Å². The number of carbonyl (C=O) groups is 1. The van der Waals surface area contributed by atoms with Crippen LogP contribution in [0.2, 0.25) is 10.0 Å².